The summed E-state index contributed by atoms with van der Waals surface area (Å²) in [6.45, 7) is 0. The molecule has 6 nitrogen and oxygen atoms in total. The molecule has 1 N–H and O–H groups in total. The van der Waals surface area contributed by atoms with Gasteiger partial charge >= 0.3 is 0 Å². The second-order valence-corrected chi connectivity index (χ2v) is 4.86. The minimum atomic E-state index is -0.486. The van der Waals surface area contributed by atoms with Gasteiger partial charge in [-0.05, 0) is 35.2 Å². The van der Waals surface area contributed by atoms with Crippen LogP contribution in [0.2, 0.25) is 0 Å². The molecule has 0 unspecified atom stereocenters. The van der Waals surface area contributed by atoms with Crippen LogP contribution in [-0.2, 0) is 4.79 Å². The Morgan fingerprint density at radius 1 is 1.33 bits per heavy atom. The molecule has 0 aliphatic heterocycles. The lowest BCUT2D eigenvalue weighted by Crippen LogP contribution is -2.07. The number of carbonyl (C=O) groups excluding carboxylic acids is 1. The third-order valence-electron chi connectivity index (χ3n) is 2.55. The van der Waals surface area contributed by atoms with Gasteiger partial charge in [0.1, 0.15) is 11.1 Å². The number of amides is 1. The zero-order valence-electron chi connectivity index (χ0n) is 10.6. The molecule has 21 heavy (non-hydrogen) atoms. The number of nitro groups is 1. The number of nitriles is 1. The average Bonchev–Trinajstić information content (AvgIpc) is 2.92. The lowest BCUT2D eigenvalue weighted by Gasteiger charge is -1.98. The monoisotopic (exact) mass is 299 g/mol. The summed E-state index contributed by atoms with van der Waals surface area (Å²) in [6.07, 6.45) is 2.85. The second-order valence-electron chi connectivity index (χ2n) is 3.95. The van der Waals surface area contributed by atoms with Gasteiger partial charge in [-0.3, -0.25) is 14.9 Å². The van der Waals surface area contributed by atoms with E-state index in [4.69, 9.17) is 5.26 Å². The summed E-state index contributed by atoms with van der Waals surface area (Å²) in [5.41, 5.74) is 1.08. The molecule has 104 valence electrons. The highest BCUT2D eigenvalue weighted by atomic mass is 32.1. The molecule has 2 rings (SSSR count). The fourth-order valence-corrected chi connectivity index (χ4v) is 2.27. The van der Waals surface area contributed by atoms with Gasteiger partial charge in [0.25, 0.3) is 5.69 Å². The van der Waals surface area contributed by atoms with Crippen molar-refractivity contribution in [3.05, 3.63) is 63.0 Å². The molecule has 7 heteroatoms. The second kappa shape index (κ2) is 6.45. The van der Waals surface area contributed by atoms with Crippen LogP contribution in [0.25, 0.3) is 6.08 Å². The number of benzene rings is 1. The van der Waals surface area contributed by atoms with Gasteiger partial charge in [-0.2, -0.15) is 5.26 Å². The van der Waals surface area contributed by atoms with Crippen molar-refractivity contribution in [2.24, 2.45) is 0 Å². The van der Waals surface area contributed by atoms with Gasteiger partial charge in [0.15, 0.2) is 0 Å². The SMILES string of the molecule is N#Cc1ccsc1NC(=O)C=Cc1ccc([N+](=O)[O-])cc1. The van der Waals surface area contributed by atoms with Crippen LogP contribution < -0.4 is 5.32 Å². The summed E-state index contributed by atoms with van der Waals surface area (Å²) < 4.78 is 0. The molecule has 0 aliphatic carbocycles. The highest BCUT2D eigenvalue weighted by Crippen LogP contribution is 2.22. The molecule has 1 aromatic heterocycles. The average molecular weight is 299 g/mol. The first kappa shape index (κ1) is 14.4. The van der Waals surface area contributed by atoms with E-state index >= 15 is 0 Å². The Kier molecular flexibility index (Phi) is 4.43. The van der Waals surface area contributed by atoms with E-state index in [1.165, 1.54) is 29.5 Å². The Balaban J connectivity index is 2.02. The van der Waals surface area contributed by atoms with E-state index in [1.54, 1.807) is 29.7 Å². The molecule has 2 aromatic rings. The molecule has 0 aliphatic rings. The normalized spacial score (nSPS) is 10.2. The highest BCUT2D eigenvalue weighted by Gasteiger charge is 2.06. The third-order valence-corrected chi connectivity index (χ3v) is 3.38. The number of hydrogen-bond donors (Lipinski definition) is 1. The summed E-state index contributed by atoms with van der Waals surface area (Å²) in [5.74, 6) is -0.368. The third kappa shape index (κ3) is 3.75. The molecule has 0 fully saturated rings. The zero-order chi connectivity index (χ0) is 15.2. The minimum absolute atomic E-state index is 0.00570. The fraction of sp³-hybridized carbons (Fsp3) is 0. The van der Waals surface area contributed by atoms with Gasteiger partial charge in [-0.1, -0.05) is 0 Å². The lowest BCUT2D eigenvalue weighted by molar-refractivity contribution is -0.384. The first-order valence-corrected chi connectivity index (χ1v) is 6.69. The highest BCUT2D eigenvalue weighted by molar-refractivity contribution is 7.14. The van der Waals surface area contributed by atoms with Crippen LogP contribution >= 0.6 is 11.3 Å². The van der Waals surface area contributed by atoms with Crippen molar-refractivity contribution in [1.29, 1.82) is 5.26 Å². The summed E-state index contributed by atoms with van der Waals surface area (Å²) in [7, 11) is 0. The molecule has 1 heterocycles. The minimum Gasteiger partial charge on any atom is -0.313 e. The molecule has 0 saturated carbocycles. The molecular weight excluding hydrogens is 290 g/mol. The van der Waals surface area contributed by atoms with Gasteiger partial charge in [-0.15, -0.1) is 11.3 Å². The van der Waals surface area contributed by atoms with E-state index in [1.807, 2.05) is 6.07 Å². The van der Waals surface area contributed by atoms with Crippen LogP contribution in [0.5, 0.6) is 0 Å². The number of nitrogens with zero attached hydrogens (tertiary/aromatic N) is 2. The number of non-ortho nitro benzene ring substituents is 1. The predicted molar refractivity (Wildman–Crippen MR) is 79.8 cm³/mol. The summed E-state index contributed by atoms with van der Waals surface area (Å²) in [6, 6.07) is 9.43. The van der Waals surface area contributed by atoms with Crippen molar-refractivity contribution in [1.82, 2.24) is 0 Å². The first-order chi connectivity index (χ1) is 10.1. The molecule has 0 saturated heterocycles. The smallest absolute Gasteiger partial charge is 0.269 e. The molecule has 0 radical (unpaired) electrons. The standard InChI is InChI=1S/C14H9N3O3S/c15-9-11-7-8-21-14(11)16-13(18)6-3-10-1-4-12(5-2-10)17(19)20/h1-8H,(H,16,18). The summed E-state index contributed by atoms with van der Waals surface area (Å²) in [4.78, 5) is 21.7. The van der Waals surface area contributed by atoms with Gasteiger partial charge < -0.3 is 5.32 Å². The number of nitrogens with one attached hydrogen (secondary N) is 1. The van der Waals surface area contributed by atoms with E-state index in [9.17, 15) is 14.9 Å². The van der Waals surface area contributed by atoms with Gasteiger partial charge in [0.05, 0.1) is 10.5 Å². The maximum absolute atomic E-state index is 11.7. The van der Waals surface area contributed by atoms with Crippen molar-refractivity contribution < 1.29 is 9.72 Å². The molecule has 1 amide bonds. The Hall–Kier alpha value is -2.98. The fourth-order valence-electron chi connectivity index (χ4n) is 1.53. The number of hydrogen-bond acceptors (Lipinski definition) is 5. The number of nitro benzene ring substituents is 1. The number of thiophene rings is 1. The van der Waals surface area contributed by atoms with Crippen molar-refractivity contribution >= 4 is 34.0 Å². The summed E-state index contributed by atoms with van der Waals surface area (Å²) >= 11 is 1.27. The zero-order valence-corrected chi connectivity index (χ0v) is 11.5. The largest absolute Gasteiger partial charge is 0.313 e. The predicted octanol–water partition coefficient (Wildman–Crippen LogP) is 3.18. The van der Waals surface area contributed by atoms with E-state index in [0.717, 1.165) is 0 Å². The van der Waals surface area contributed by atoms with E-state index in [2.05, 4.69) is 5.32 Å². The number of rotatable bonds is 4. The van der Waals surface area contributed by atoms with Crippen molar-refractivity contribution in [2.75, 3.05) is 5.32 Å². The summed E-state index contributed by atoms with van der Waals surface area (Å²) in [5, 5.41) is 24.2. The van der Waals surface area contributed by atoms with Crippen LogP contribution in [0.1, 0.15) is 11.1 Å². The Bertz CT molecular complexity index is 742. The van der Waals surface area contributed by atoms with Crippen LogP contribution in [0.3, 0.4) is 0 Å². The van der Waals surface area contributed by atoms with Crippen molar-refractivity contribution in [3.63, 3.8) is 0 Å². The van der Waals surface area contributed by atoms with Gasteiger partial charge in [0, 0.05) is 18.2 Å². The Morgan fingerprint density at radius 3 is 2.67 bits per heavy atom. The first-order valence-electron chi connectivity index (χ1n) is 5.81. The molecule has 0 atom stereocenters. The molecule has 0 spiro atoms. The molecule has 1 aromatic carbocycles. The Morgan fingerprint density at radius 2 is 2.05 bits per heavy atom. The maximum Gasteiger partial charge on any atom is 0.269 e. The van der Waals surface area contributed by atoms with Gasteiger partial charge in [0.2, 0.25) is 5.91 Å². The van der Waals surface area contributed by atoms with Crippen molar-refractivity contribution in [3.8, 4) is 6.07 Å². The number of anilines is 1. The van der Waals surface area contributed by atoms with Crippen LogP contribution in [-0.4, -0.2) is 10.8 Å². The van der Waals surface area contributed by atoms with Crippen LogP contribution in [0.15, 0.2) is 41.8 Å². The van der Waals surface area contributed by atoms with Crippen LogP contribution in [0.4, 0.5) is 10.7 Å². The molecular formula is C14H9N3O3S. The van der Waals surface area contributed by atoms with Gasteiger partial charge in [-0.25, -0.2) is 0 Å². The topological polar surface area (TPSA) is 96.0 Å². The lowest BCUT2D eigenvalue weighted by atomic mass is 10.2. The quantitative estimate of drug-likeness (QED) is 0.532. The van der Waals surface area contributed by atoms with E-state index in [0.29, 0.717) is 16.1 Å². The Labute approximate surface area is 124 Å². The van der Waals surface area contributed by atoms with Crippen LogP contribution in [0, 0.1) is 21.4 Å². The van der Waals surface area contributed by atoms with E-state index < -0.39 is 4.92 Å². The van der Waals surface area contributed by atoms with E-state index in [-0.39, 0.29) is 11.6 Å². The van der Waals surface area contributed by atoms with Crippen molar-refractivity contribution in [2.45, 2.75) is 0 Å². The number of carbonyl (C=O) groups is 1. The maximum atomic E-state index is 11.7. The molecule has 0 bridgehead atoms.